The predicted molar refractivity (Wildman–Crippen MR) is 125 cm³/mol. The number of urea groups is 1. The molecule has 33 heavy (non-hydrogen) atoms. The SMILES string of the molecule is Cc1ccc(NC(=O)NC(=O)C(C)N2CCN(c3nnnn3-c3ccccc3)CC2)c(C)c1. The minimum Gasteiger partial charge on any atom is -0.337 e. The second kappa shape index (κ2) is 9.78. The van der Waals surface area contributed by atoms with E-state index in [4.69, 9.17) is 0 Å². The highest BCUT2D eigenvalue weighted by molar-refractivity contribution is 6.03. The Hall–Kier alpha value is -3.79. The van der Waals surface area contributed by atoms with Crippen molar-refractivity contribution < 1.29 is 9.59 Å². The number of hydrogen-bond donors (Lipinski definition) is 2. The number of anilines is 2. The number of nitrogens with zero attached hydrogens (tertiary/aromatic N) is 6. The molecule has 10 heteroatoms. The van der Waals surface area contributed by atoms with Crippen LogP contribution < -0.4 is 15.5 Å². The van der Waals surface area contributed by atoms with Crippen LogP contribution in [0.1, 0.15) is 18.1 Å². The van der Waals surface area contributed by atoms with E-state index >= 15 is 0 Å². The van der Waals surface area contributed by atoms with Crippen LogP contribution in [0.2, 0.25) is 0 Å². The highest BCUT2D eigenvalue weighted by Gasteiger charge is 2.28. The summed E-state index contributed by atoms with van der Waals surface area (Å²) in [4.78, 5) is 29.1. The summed E-state index contributed by atoms with van der Waals surface area (Å²) in [5.41, 5.74) is 3.63. The lowest BCUT2D eigenvalue weighted by Crippen LogP contribution is -2.55. The van der Waals surface area contributed by atoms with Crippen molar-refractivity contribution in [3.63, 3.8) is 0 Å². The second-order valence-corrected chi connectivity index (χ2v) is 8.19. The smallest absolute Gasteiger partial charge is 0.325 e. The summed E-state index contributed by atoms with van der Waals surface area (Å²) < 4.78 is 1.71. The van der Waals surface area contributed by atoms with E-state index in [-0.39, 0.29) is 5.91 Å². The van der Waals surface area contributed by atoms with Gasteiger partial charge in [-0.3, -0.25) is 15.0 Å². The van der Waals surface area contributed by atoms with Crippen LogP contribution in [0.3, 0.4) is 0 Å². The third-order valence-electron chi connectivity index (χ3n) is 5.84. The number of aryl methyl sites for hydroxylation is 2. The molecule has 2 aromatic carbocycles. The van der Waals surface area contributed by atoms with Gasteiger partial charge in [0.2, 0.25) is 11.9 Å². The van der Waals surface area contributed by atoms with Crippen LogP contribution in [0.5, 0.6) is 0 Å². The fourth-order valence-corrected chi connectivity index (χ4v) is 3.91. The lowest BCUT2D eigenvalue weighted by Gasteiger charge is -2.37. The Morgan fingerprint density at radius 1 is 1.00 bits per heavy atom. The van der Waals surface area contributed by atoms with Crippen LogP contribution in [0.15, 0.2) is 48.5 Å². The van der Waals surface area contributed by atoms with Crippen molar-refractivity contribution in [2.45, 2.75) is 26.8 Å². The molecule has 10 nitrogen and oxygen atoms in total. The Morgan fingerprint density at radius 3 is 2.42 bits per heavy atom. The minimum atomic E-state index is -0.528. The van der Waals surface area contributed by atoms with E-state index in [9.17, 15) is 9.59 Å². The molecule has 0 spiro atoms. The topological polar surface area (TPSA) is 108 Å². The van der Waals surface area contributed by atoms with Crippen LogP contribution in [-0.2, 0) is 4.79 Å². The van der Waals surface area contributed by atoms with Gasteiger partial charge in [-0.25, -0.2) is 4.79 Å². The third kappa shape index (κ3) is 5.17. The van der Waals surface area contributed by atoms with Crippen molar-refractivity contribution in [2.24, 2.45) is 0 Å². The van der Waals surface area contributed by atoms with Crippen LogP contribution in [0.25, 0.3) is 5.69 Å². The summed E-state index contributed by atoms with van der Waals surface area (Å²) in [5, 5.41) is 17.3. The molecule has 1 unspecified atom stereocenters. The van der Waals surface area contributed by atoms with Crippen molar-refractivity contribution in [1.82, 2.24) is 30.4 Å². The molecule has 2 N–H and O–H groups in total. The number of nitrogens with one attached hydrogen (secondary N) is 2. The predicted octanol–water partition coefficient (Wildman–Crippen LogP) is 2.14. The average molecular weight is 449 g/mol. The first-order valence-electron chi connectivity index (χ1n) is 10.9. The molecule has 172 valence electrons. The Bertz CT molecular complexity index is 1120. The number of rotatable bonds is 5. The van der Waals surface area contributed by atoms with E-state index in [0.717, 1.165) is 16.8 Å². The van der Waals surface area contributed by atoms with Gasteiger partial charge in [0.15, 0.2) is 0 Å². The highest BCUT2D eigenvalue weighted by atomic mass is 16.2. The molecule has 1 saturated heterocycles. The monoisotopic (exact) mass is 448 g/mol. The fourth-order valence-electron chi connectivity index (χ4n) is 3.91. The molecule has 3 amide bonds. The molecule has 1 aromatic heterocycles. The van der Waals surface area contributed by atoms with Crippen LogP contribution >= 0.6 is 0 Å². The van der Waals surface area contributed by atoms with Crippen molar-refractivity contribution in [2.75, 3.05) is 36.4 Å². The summed E-state index contributed by atoms with van der Waals surface area (Å²) in [6, 6.07) is 14.5. The van der Waals surface area contributed by atoms with Gasteiger partial charge in [0, 0.05) is 31.9 Å². The van der Waals surface area contributed by atoms with E-state index in [1.165, 1.54) is 0 Å². The summed E-state index contributed by atoms with van der Waals surface area (Å²) in [5.74, 6) is 0.339. The molecule has 1 aliphatic rings. The molecular weight excluding hydrogens is 420 g/mol. The van der Waals surface area contributed by atoms with Crippen molar-refractivity contribution in [1.29, 1.82) is 0 Å². The maximum absolute atomic E-state index is 12.7. The number of imide groups is 1. The lowest BCUT2D eigenvalue weighted by atomic mass is 10.1. The number of para-hydroxylation sites is 1. The average Bonchev–Trinajstić information content (AvgIpc) is 3.31. The van der Waals surface area contributed by atoms with Gasteiger partial charge in [-0.2, -0.15) is 4.68 Å². The van der Waals surface area contributed by atoms with Gasteiger partial charge >= 0.3 is 6.03 Å². The zero-order valence-corrected chi connectivity index (χ0v) is 19.0. The van der Waals surface area contributed by atoms with Gasteiger partial charge in [0.25, 0.3) is 0 Å². The molecule has 1 fully saturated rings. The first kappa shape index (κ1) is 22.4. The Kier molecular flexibility index (Phi) is 6.64. The molecule has 0 aliphatic carbocycles. The van der Waals surface area contributed by atoms with Crippen molar-refractivity contribution in [3.05, 3.63) is 59.7 Å². The van der Waals surface area contributed by atoms with E-state index in [0.29, 0.717) is 37.8 Å². The molecule has 1 aliphatic heterocycles. The van der Waals surface area contributed by atoms with Gasteiger partial charge in [0.05, 0.1) is 11.7 Å². The van der Waals surface area contributed by atoms with E-state index in [2.05, 4.69) is 31.1 Å². The van der Waals surface area contributed by atoms with Gasteiger partial charge in [-0.05, 0) is 55.0 Å². The zero-order chi connectivity index (χ0) is 23.4. The minimum absolute atomic E-state index is 0.333. The van der Waals surface area contributed by atoms with Gasteiger partial charge in [-0.1, -0.05) is 41.0 Å². The first-order valence-corrected chi connectivity index (χ1v) is 10.9. The van der Waals surface area contributed by atoms with Gasteiger partial charge in [-0.15, -0.1) is 0 Å². The van der Waals surface area contributed by atoms with Crippen LogP contribution in [0.4, 0.5) is 16.4 Å². The Morgan fingerprint density at radius 2 is 1.73 bits per heavy atom. The lowest BCUT2D eigenvalue weighted by molar-refractivity contribution is -0.124. The Labute approximate surface area is 192 Å². The highest BCUT2D eigenvalue weighted by Crippen LogP contribution is 2.18. The number of amides is 3. The summed E-state index contributed by atoms with van der Waals surface area (Å²) in [7, 11) is 0. The number of benzene rings is 2. The first-order chi connectivity index (χ1) is 15.9. The number of carbonyl (C=O) groups excluding carboxylic acids is 2. The molecule has 4 rings (SSSR count). The fraction of sp³-hybridized carbons (Fsp3) is 0.348. The molecular formula is C23H28N8O2. The number of piperazine rings is 1. The normalized spacial score (nSPS) is 15.2. The van der Waals surface area contributed by atoms with E-state index in [1.807, 2.05) is 74.2 Å². The quantitative estimate of drug-likeness (QED) is 0.616. The molecule has 3 aromatic rings. The van der Waals surface area contributed by atoms with E-state index < -0.39 is 12.1 Å². The molecule has 0 radical (unpaired) electrons. The largest absolute Gasteiger partial charge is 0.337 e. The summed E-state index contributed by atoms with van der Waals surface area (Å²) in [6.45, 7) is 8.34. The molecule has 0 bridgehead atoms. The second-order valence-electron chi connectivity index (χ2n) is 8.19. The van der Waals surface area contributed by atoms with Crippen LogP contribution in [0, 0.1) is 13.8 Å². The summed E-state index contributed by atoms with van der Waals surface area (Å²) in [6.07, 6.45) is 0. The number of carbonyl (C=O) groups is 2. The number of tetrazole rings is 1. The maximum atomic E-state index is 12.7. The number of aromatic nitrogens is 4. The Balaban J connectivity index is 1.31. The van der Waals surface area contributed by atoms with E-state index in [1.54, 1.807) is 4.68 Å². The zero-order valence-electron chi connectivity index (χ0n) is 19.0. The standard InChI is InChI=1S/C23H28N8O2/c1-16-9-10-20(17(2)15-16)24-22(33)25-21(32)18(3)29-11-13-30(14-12-29)23-26-27-28-31(23)19-7-5-4-6-8-19/h4-10,15,18H,11-14H2,1-3H3,(H2,24,25,32,33). The van der Waals surface area contributed by atoms with Crippen LogP contribution in [-0.4, -0.2) is 69.3 Å². The van der Waals surface area contributed by atoms with Crippen molar-refractivity contribution >= 4 is 23.6 Å². The van der Waals surface area contributed by atoms with Gasteiger partial charge < -0.3 is 10.2 Å². The molecule has 0 saturated carbocycles. The summed E-state index contributed by atoms with van der Waals surface area (Å²) >= 11 is 0. The van der Waals surface area contributed by atoms with Crippen molar-refractivity contribution in [3.8, 4) is 5.69 Å². The third-order valence-corrected chi connectivity index (χ3v) is 5.84. The number of hydrogen-bond acceptors (Lipinski definition) is 7. The van der Waals surface area contributed by atoms with Gasteiger partial charge in [0.1, 0.15) is 0 Å². The molecule has 1 atom stereocenters. The molecule has 2 heterocycles. The maximum Gasteiger partial charge on any atom is 0.325 e.